The van der Waals surface area contributed by atoms with Crippen molar-refractivity contribution in [2.45, 2.75) is 40.0 Å². The van der Waals surface area contributed by atoms with Crippen LogP contribution in [-0.2, 0) is 16.0 Å². The molecule has 0 radical (unpaired) electrons. The molecule has 0 fully saturated rings. The van der Waals surface area contributed by atoms with Gasteiger partial charge in [0.1, 0.15) is 0 Å². The first-order chi connectivity index (χ1) is 8.58. The van der Waals surface area contributed by atoms with Gasteiger partial charge in [-0.05, 0) is 25.7 Å². The van der Waals surface area contributed by atoms with Gasteiger partial charge in [-0.1, -0.05) is 0 Å². The summed E-state index contributed by atoms with van der Waals surface area (Å²) >= 11 is 0. The van der Waals surface area contributed by atoms with Crippen LogP contribution < -0.4 is 0 Å². The molecule has 0 N–H and O–H groups in total. The van der Waals surface area contributed by atoms with Crippen molar-refractivity contribution in [1.29, 1.82) is 0 Å². The molecule has 7 heteroatoms. The van der Waals surface area contributed by atoms with Crippen LogP contribution in [0.15, 0.2) is 6.20 Å². The molecule has 7 nitrogen and oxygen atoms in total. The van der Waals surface area contributed by atoms with Crippen molar-refractivity contribution in [3.8, 4) is 0 Å². The van der Waals surface area contributed by atoms with E-state index in [-0.39, 0.29) is 12.1 Å². The van der Waals surface area contributed by atoms with Crippen LogP contribution in [0.25, 0.3) is 0 Å². The zero-order valence-electron chi connectivity index (χ0n) is 11.0. The molecule has 1 rings (SSSR count). The van der Waals surface area contributed by atoms with Crippen molar-refractivity contribution in [2.24, 2.45) is 0 Å². The molecular weight excluding hydrogens is 238 g/mol. The van der Waals surface area contributed by atoms with Gasteiger partial charge in [-0.15, -0.1) is 0 Å². The SMILES string of the molecule is CCOC(CCn1cc(C)c([N+](=O)[O-])n1)OCC. The predicted octanol–water partition coefficient (Wildman–Crippen LogP) is 1.89. The second-order valence-electron chi connectivity index (χ2n) is 3.78. The maximum atomic E-state index is 10.7. The number of hydrogen-bond acceptors (Lipinski definition) is 5. The lowest BCUT2D eigenvalue weighted by molar-refractivity contribution is -0.390. The van der Waals surface area contributed by atoms with E-state index in [1.807, 2.05) is 13.8 Å². The molecular formula is C11H19N3O4. The van der Waals surface area contributed by atoms with Gasteiger partial charge in [-0.25, -0.2) is 0 Å². The molecule has 18 heavy (non-hydrogen) atoms. The van der Waals surface area contributed by atoms with Crippen molar-refractivity contribution in [1.82, 2.24) is 9.78 Å². The highest BCUT2D eigenvalue weighted by Gasteiger charge is 2.18. The molecule has 0 aliphatic heterocycles. The van der Waals surface area contributed by atoms with Crippen LogP contribution in [0.1, 0.15) is 25.8 Å². The maximum Gasteiger partial charge on any atom is 0.392 e. The molecule has 1 heterocycles. The Labute approximate surface area is 106 Å². The second kappa shape index (κ2) is 7.07. The van der Waals surface area contributed by atoms with Gasteiger partial charge in [0, 0.05) is 19.6 Å². The van der Waals surface area contributed by atoms with Crippen LogP contribution in [0.3, 0.4) is 0 Å². The van der Waals surface area contributed by atoms with E-state index < -0.39 is 4.92 Å². The molecule has 1 aromatic heterocycles. The van der Waals surface area contributed by atoms with Crippen molar-refractivity contribution < 1.29 is 14.4 Å². The number of aromatic nitrogens is 2. The third-order valence-electron chi connectivity index (χ3n) is 2.39. The molecule has 0 spiro atoms. The van der Waals surface area contributed by atoms with Crippen LogP contribution in [0.4, 0.5) is 5.82 Å². The van der Waals surface area contributed by atoms with Crippen molar-refractivity contribution in [2.75, 3.05) is 13.2 Å². The summed E-state index contributed by atoms with van der Waals surface area (Å²) in [6, 6.07) is 0. The highest BCUT2D eigenvalue weighted by molar-refractivity contribution is 5.27. The van der Waals surface area contributed by atoms with Gasteiger partial charge in [0.2, 0.25) is 0 Å². The fraction of sp³-hybridized carbons (Fsp3) is 0.727. The molecule has 102 valence electrons. The van der Waals surface area contributed by atoms with Gasteiger partial charge in [0.25, 0.3) is 0 Å². The van der Waals surface area contributed by atoms with Crippen molar-refractivity contribution >= 4 is 5.82 Å². The third kappa shape index (κ3) is 4.08. The fourth-order valence-electron chi connectivity index (χ4n) is 1.63. The number of hydrogen-bond donors (Lipinski definition) is 0. The average Bonchev–Trinajstić information content (AvgIpc) is 2.68. The van der Waals surface area contributed by atoms with Crippen LogP contribution >= 0.6 is 0 Å². The Balaban J connectivity index is 2.56. The predicted molar refractivity (Wildman–Crippen MR) is 65.3 cm³/mol. The first-order valence-electron chi connectivity index (χ1n) is 6.00. The van der Waals surface area contributed by atoms with Gasteiger partial charge in [0.15, 0.2) is 6.29 Å². The third-order valence-corrected chi connectivity index (χ3v) is 2.39. The van der Waals surface area contributed by atoms with E-state index in [2.05, 4.69) is 5.10 Å². The second-order valence-corrected chi connectivity index (χ2v) is 3.78. The Kier molecular flexibility index (Phi) is 5.73. The van der Waals surface area contributed by atoms with Gasteiger partial charge in [-0.2, -0.15) is 4.68 Å². The number of rotatable bonds is 8. The lowest BCUT2D eigenvalue weighted by Crippen LogP contribution is -2.19. The summed E-state index contributed by atoms with van der Waals surface area (Å²) in [6.45, 7) is 7.14. The molecule has 0 amide bonds. The summed E-state index contributed by atoms with van der Waals surface area (Å²) in [5.74, 6) is -0.0978. The zero-order chi connectivity index (χ0) is 13.5. The summed E-state index contributed by atoms with van der Waals surface area (Å²) in [6.07, 6.45) is 1.98. The minimum absolute atomic E-state index is 0.0978. The summed E-state index contributed by atoms with van der Waals surface area (Å²) in [4.78, 5) is 10.2. The molecule has 0 aliphatic rings. The summed E-state index contributed by atoms with van der Waals surface area (Å²) in [5.41, 5.74) is 0.560. The Morgan fingerprint density at radius 2 is 2.06 bits per heavy atom. The maximum absolute atomic E-state index is 10.7. The fourth-order valence-corrected chi connectivity index (χ4v) is 1.63. The van der Waals surface area contributed by atoms with E-state index in [4.69, 9.17) is 9.47 Å². The zero-order valence-corrected chi connectivity index (χ0v) is 11.0. The molecule has 0 bridgehead atoms. The molecule has 0 aliphatic carbocycles. The molecule has 0 atom stereocenters. The molecule has 0 unspecified atom stereocenters. The summed E-state index contributed by atoms with van der Waals surface area (Å²) in [7, 11) is 0. The van der Waals surface area contributed by atoms with Gasteiger partial charge < -0.3 is 19.6 Å². The Hall–Kier alpha value is -1.47. The number of nitrogens with zero attached hydrogens (tertiary/aromatic N) is 3. The minimum Gasteiger partial charge on any atom is -0.358 e. The summed E-state index contributed by atoms with van der Waals surface area (Å²) in [5, 5.41) is 14.6. The van der Waals surface area contributed by atoms with Crippen molar-refractivity contribution in [3.05, 3.63) is 21.9 Å². The van der Waals surface area contributed by atoms with Gasteiger partial charge in [-0.3, -0.25) is 0 Å². The number of aryl methyl sites for hydroxylation is 2. The molecule has 0 saturated heterocycles. The van der Waals surface area contributed by atoms with E-state index in [1.165, 1.54) is 0 Å². The summed E-state index contributed by atoms with van der Waals surface area (Å²) < 4.78 is 12.3. The lowest BCUT2D eigenvalue weighted by atomic mass is 10.4. The van der Waals surface area contributed by atoms with Gasteiger partial charge >= 0.3 is 5.82 Å². The first-order valence-corrected chi connectivity index (χ1v) is 6.00. The number of nitro groups is 1. The van der Waals surface area contributed by atoms with Gasteiger partial charge in [0.05, 0.1) is 23.4 Å². The van der Waals surface area contributed by atoms with Crippen LogP contribution in [0.2, 0.25) is 0 Å². The average molecular weight is 257 g/mol. The Morgan fingerprint density at radius 1 is 1.44 bits per heavy atom. The Bertz CT molecular complexity index is 386. The highest BCUT2D eigenvalue weighted by atomic mass is 16.7. The molecule has 0 saturated carbocycles. The monoisotopic (exact) mass is 257 g/mol. The Morgan fingerprint density at radius 3 is 2.50 bits per heavy atom. The van der Waals surface area contributed by atoms with E-state index >= 15 is 0 Å². The lowest BCUT2D eigenvalue weighted by Gasteiger charge is -2.15. The first kappa shape index (κ1) is 14.6. The van der Waals surface area contributed by atoms with E-state index in [0.29, 0.717) is 31.7 Å². The molecule has 0 aromatic carbocycles. The van der Waals surface area contributed by atoms with Crippen LogP contribution in [-0.4, -0.2) is 34.2 Å². The normalized spacial score (nSPS) is 11.1. The topological polar surface area (TPSA) is 79.4 Å². The molecule has 1 aromatic rings. The largest absolute Gasteiger partial charge is 0.392 e. The van der Waals surface area contributed by atoms with Crippen molar-refractivity contribution in [3.63, 3.8) is 0 Å². The smallest absolute Gasteiger partial charge is 0.358 e. The standard InChI is InChI=1S/C11H19N3O4/c1-4-17-10(18-5-2)6-7-13-8-9(3)11(12-13)14(15)16/h8,10H,4-7H2,1-3H3. The van der Waals surface area contributed by atoms with Crippen LogP contribution in [0, 0.1) is 17.0 Å². The number of ether oxygens (including phenoxy) is 2. The van der Waals surface area contributed by atoms with E-state index in [0.717, 1.165) is 0 Å². The van der Waals surface area contributed by atoms with Crippen LogP contribution in [0.5, 0.6) is 0 Å². The van der Waals surface area contributed by atoms with E-state index in [9.17, 15) is 10.1 Å². The minimum atomic E-state index is -0.478. The van der Waals surface area contributed by atoms with E-state index in [1.54, 1.807) is 17.8 Å². The highest BCUT2D eigenvalue weighted by Crippen LogP contribution is 2.14. The quantitative estimate of drug-likeness (QED) is 0.403.